The number of carbonyl (C=O) groups excluding carboxylic acids is 4. The van der Waals surface area contributed by atoms with Crippen LogP contribution in [0.5, 0.6) is 0 Å². The van der Waals surface area contributed by atoms with Crippen molar-refractivity contribution in [3.63, 3.8) is 0 Å². The van der Waals surface area contributed by atoms with E-state index in [2.05, 4.69) is 16.0 Å². The number of hydrogen-bond donors (Lipinski definition) is 7. The third-order valence-corrected chi connectivity index (χ3v) is 8.43. The van der Waals surface area contributed by atoms with Crippen LogP contribution in [0.2, 0.25) is 0 Å². The lowest BCUT2D eigenvalue weighted by molar-refractivity contribution is -0.148. The Hall–Kier alpha value is -3.55. The lowest BCUT2D eigenvalue weighted by Crippen LogP contribution is -2.61. The predicted molar refractivity (Wildman–Crippen MR) is 176 cm³/mol. The van der Waals surface area contributed by atoms with Crippen LogP contribution in [0.1, 0.15) is 78.7 Å². The molecule has 1 aliphatic rings. The molecule has 1 aliphatic heterocycles. The molecule has 2 unspecified atom stereocenters. The van der Waals surface area contributed by atoms with Gasteiger partial charge < -0.3 is 43.2 Å². The van der Waals surface area contributed by atoms with Crippen molar-refractivity contribution >= 4 is 29.6 Å². The average molecular weight is 646 g/mol. The highest BCUT2D eigenvalue weighted by Crippen LogP contribution is 2.22. The number of hydrogen-bond acceptors (Lipinski definition) is 8. The molecular formula is C33H55N7O6. The third kappa shape index (κ3) is 11.7. The fourth-order valence-electron chi connectivity index (χ4n) is 5.27. The maximum absolute atomic E-state index is 13.8. The smallest absolute Gasteiger partial charge is 0.323 e. The molecule has 1 aromatic rings. The Bertz CT molecular complexity index is 1180. The van der Waals surface area contributed by atoms with Gasteiger partial charge in [-0.15, -0.1) is 0 Å². The van der Waals surface area contributed by atoms with Crippen molar-refractivity contribution < 1.29 is 29.1 Å². The summed E-state index contributed by atoms with van der Waals surface area (Å²) in [6.07, 6.45) is 2.20. The van der Waals surface area contributed by atoms with E-state index in [9.17, 15) is 29.1 Å². The first-order valence-electron chi connectivity index (χ1n) is 16.2. The molecule has 10 N–H and O–H groups in total. The molecule has 0 radical (unpaired) electrons. The second-order valence-corrected chi connectivity index (χ2v) is 13.9. The number of carboxylic acids is 1. The average Bonchev–Trinajstić information content (AvgIpc) is 2.99. The normalized spacial score (nSPS) is 17.4. The molecule has 4 amide bonds. The van der Waals surface area contributed by atoms with Crippen LogP contribution < -0.4 is 33.2 Å². The summed E-state index contributed by atoms with van der Waals surface area (Å²) in [4.78, 5) is 67.3. The van der Waals surface area contributed by atoms with Crippen LogP contribution >= 0.6 is 0 Å². The van der Waals surface area contributed by atoms with Crippen LogP contribution in [0.4, 0.5) is 0 Å². The van der Waals surface area contributed by atoms with Gasteiger partial charge in [-0.2, -0.15) is 0 Å². The minimum Gasteiger partial charge on any atom is -0.480 e. The Kier molecular flexibility index (Phi) is 14.6. The zero-order valence-corrected chi connectivity index (χ0v) is 28.0. The van der Waals surface area contributed by atoms with E-state index in [0.29, 0.717) is 25.8 Å². The van der Waals surface area contributed by atoms with Crippen molar-refractivity contribution in [2.45, 2.75) is 109 Å². The molecule has 1 heterocycles. The number of nitrogens with two attached hydrogens (primary N) is 3. The van der Waals surface area contributed by atoms with Gasteiger partial charge in [-0.3, -0.25) is 24.0 Å². The lowest BCUT2D eigenvalue weighted by Gasteiger charge is -2.38. The van der Waals surface area contributed by atoms with Crippen LogP contribution in [0.3, 0.4) is 0 Å². The van der Waals surface area contributed by atoms with E-state index >= 15 is 0 Å². The molecule has 0 spiro atoms. The van der Waals surface area contributed by atoms with Crippen LogP contribution in [0.25, 0.3) is 0 Å². The number of carboxylic acid groups (broad SMARTS) is 1. The van der Waals surface area contributed by atoms with E-state index in [1.54, 1.807) is 0 Å². The molecule has 46 heavy (non-hydrogen) atoms. The Labute approximate surface area is 272 Å². The summed E-state index contributed by atoms with van der Waals surface area (Å²) in [6, 6.07) is 5.44. The Morgan fingerprint density at radius 1 is 0.891 bits per heavy atom. The number of benzene rings is 1. The van der Waals surface area contributed by atoms with Crippen molar-refractivity contribution in [3.8, 4) is 0 Å². The number of carbonyl (C=O) groups is 5. The molecule has 0 aliphatic carbocycles. The molecule has 0 aromatic heterocycles. The van der Waals surface area contributed by atoms with Gasteiger partial charge in [0.2, 0.25) is 23.6 Å². The van der Waals surface area contributed by atoms with E-state index in [4.69, 9.17) is 17.2 Å². The minimum atomic E-state index is -1.40. The van der Waals surface area contributed by atoms with Crippen molar-refractivity contribution in [1.82, 2.24) is 20.9 Å². The number of nitrogens with one attached hydrogen (secondary N) is 3. The number of amides is 4. The highest BCUT2D eigenvalue weighted by Gasteiger charge is 2.40. The number of aliphatic carboxylic acids is 1. The first-order valence-corrected chi connectivity index (χ1v) is 16.2. The SMILES string of the molecule is CC(C)C[C@@H](NC(=O)[C@@H](Cc1ccccc1)NC(=O)C(N)C(C)(C)C)C(=O)NC(CCCCN)C(=O)N1CCC(N)(C(=O)O)CC1. The predicted octanol–water partition coefficient (Wildman–Crippen LogP) is 0.637. The molecule has 1 saturated heterocycles. The van der Waals surface area contributed by atoms with Crippen molar-refractivity contribution in [2.75, 3.05) is 19.6 Å². The van der Waals surface area contributed by atoms with Crippen LogP contribution in [-0.2, 0) is 30.4 Å². The second-order valence-electron chi connectivity index (χ2n) is 13.9. The second kappa shape index (κ2) is 17.4. The van der Waals surface area contributed by atoms with Gasteiger partial charge in [-0.1, -0.05) is 65.0 Å². The van der Waals surface area contributed by atoms with Gasteiger partial charge in [0, 0.05) is 19.5 Å². The number of unbranched alkanes of at least 4 members (excludes halogenated alkanes) is 1. The van der Waals surface area contributed by atoms with Crippen LogP contribution in [0, 0.1) is 11.3 Å². The summed E-state index contributed by atoms with van der Waals surface area (Å²) in [7, 11) is 0. The molecule has 13 heteroatoms. The van der Waals surface area contributed by atoms with Gasteiger partial charge in [-0.25, -0.2) is 0 Å². The molecule has 2 rings (SSSR count). The topological polar surface area (TPSA) is 223 Å². The molecular weight excluding hydrogens is 590 g/mol. The third-order valence-electron chi connectivity index (χ3n) is 8.43. The van der Waals surface area contributed by atoms with Gasteiger partial charge in [0.15, 0.2) is 0 Å². The molecule has 258 valence electrons. The molecule has 13 nitrogen and oxygen atoms in total. The quantitative estimate of drug-likeness (QED) is 0.125. The number of piperidine rings is 1. The standard InChI is InChI=1S/C33H55N7O6/c1-21(2)19-24(38-28(42)25(20-22-11-7-6-8-12-22)39-29(43)26(35)32(3,4)5)27(41)37-23(13-9-10-16-34)30(44)40-17-14-33(36,15-18-40)31(45)46/h6-8,11-12,21,23-26H,9-10,13-20,34-36H2,1-5H3,(H,37,41)(H,38,42)(H,39,43)(H,45,46)/t23?,24-,25-,26?/m1/s1. The first kappa shape index (κ1) is 38.6. The van der Waals surface area contributed by atoms with Crippen molar-refractivity contribution in [1.29, 1.82) is 0 Å². The van der Waals surface area contributed by atoms with Gasteiger partial charge in [0.25, 0.3) is 0 Å². The summed E-state index contributed by atoms with van der Waals surface area (Å²) in [5.74, 6) is -2.99. The molecule has 0 bridgehead atoms. The largest absolute Gasteiger partial charge is 0.480 e. The van der Waals surface area contributed by atoms with Crippen molar-refractivity contribution in [2.24, 2.45) is 28.5 Å². The van der Waals surface area contributed by atoms with E-state index in [1.807, 2.05) is 65.0 Å². The molecule has 4 atom stereocenters. The maximum atomic E-state index is 13.8. The maximum Gasteiger partial charge on any atom is 0.323 e. The molecule has 1 fully saturated rings. The van der Waals surface area contributed by atoms with Gasteiger partial charge in [-0.05, 0) is 62.0 Å². The van der Waals surface area contributed by atoms with E-state index in [0.717, 1.165) is 5.56 Å². The number of nitrogens with zero attached hydrogens (tertiary/aromatic N) is 1. The fraction of sp³-hybridized carbons (Fsp3) is 0.667. The van der Waals surface area contributed by atoms with Crippen LogP contribution in [-0.4, -0.2) is 88.9 Å². The Morgan fingerprint density at radius 2 is 1.43 bits per heavy atom. The van der Waals surface area contributed by atoms with E-state index in [-0.39, 0.29) is 50.6 Å². The summed E-state index contributed by atoms with van der Waals surface area (Å²) < 4.78 is 0. The summed E-state index contributed by atoms with van der Waals surface area (Å²) in [5.41, 5.74) is 16.7. The summed E-state index contributed by atoms with van der Waals surface area (Å²) in [6.45, 7) is 10.0. The zero-order valence-electron chi connectivity index (χ0n) is 28.0. The van der Waals surface area contributed by atoms with Gasteiger partial charge in [0.05, 0.1) is 6.04 Å². The van der Waals surface area contributed by atoms with E-state index < -0.39 is 58.8 Å². The monoisotopic (exact) mass is 645 g/mol. The highest BCUT2D eigenvalue weighted by molar-refractivity contribution is 5.95. The lowest BCUT2D eigenvalue weighted by atomic mass is 9.86. The van der Waals surface area contributed by atoms with Gasteiger partial charge >= 0.3 is 5.97 Å². The molecule has 0 saturated carbocycles. The van der Waals surface area contributed by atoms with Gasteiger partial charge in [0.1, 0.15) is 23.7 Å². The van der Waals surface area contributed by atoms with Crippen molar-refractivity contribution in [3.05, 3.63) is 35.9 Å². The van der Waals surface area contributed by atoms with Crippen LogP contribution in [0.15, 0.2) is 30.3 Å². The highest BCUT2D eigenvalue weighted by atomic mass is 16.4. The number of rotatable bonds is 16. The fourth-order valence-corrected chi connectivity index (χ4v) is 5.27. The number of likely N-dealkylation sites (tertiary alicyclic amines) is 1. The summed E-state index contributed by atoms with van der Waals surface area (Å²) in [5, 5.41) is 17.9. The Morgan fingerprint density at radius 3 is 1.96 bits per heavy atom. The Balaban J connectivity index is 2.26. The minimum absolute atomic E-state index is 0.00899. The zero-order chi connectivity index (χ0) is 34.7. The van der Waals surface area contributed by atoms with E-state index in [1.165, 1.54) is 4.90 Å². The molecule has 1 aromatic carbocycles. The first-order chi connectivity index (χ1) is 21.5. The summed E-state index contributed by atoms with van der Waals surface area (Å²) >= 11 is 0.